The largest absolute Gasteiger partial charge is 0.755 e. The fourth-order valence-corrected chi connectivity index (χ4v) is 2.73. The number of aromatic nitrogens is 1. The molecule has 1 heterocycles. The minimum absolute atomic E-state index is 0.0596. The predicted molar refractivity (Wildman–Crippen MR) is 72.6 cm³/mol. The first kappa shape index (κ1) is 16.0. The SMILES string of the molecule is CCOC(=O)CNCCN(c1nc(C)cs1)S(=O)[O-]. The molecule has 1 unspecified atom stereocenters. The van der Waals surface area contributed by atoms with Crippen LogP contribution in [0, 0.1) is 6.92 Å². The molecule has 0 aliphatic heterocycles. The zero-order chi connectivity index (χ0) is 14.3. The Bertz CT molecular complexity index is 438. The van der Waals surface area contributed by atoms with Crippen molar-refractivity contribution >= 4 is 33.7 Å². The van der Waals surface area contributed by atoms with Crippen LogP contribution in [0.2, 0.25) is 0 Å². The number of hydrogen-bond acceptors (Lipinski definition) is 7. The third-order valence-electron chi connectivity index (χ3n) is 2.07. The second kappa shape index (κ2) is 8.20. The molecule has 9 heteroatoms. The van der Waals surface area contributed by atoms with Gasteiger partial charge in [0.1, 0.15) is 0 Å². The second-order valence-corrected chi connectivity index (χ2v) is 5.28. The summed E-state index contributed by atoms with van der Waals surface area (Å²) >= 11 is -1.12. The van der Waals surface area contributed by atoms with Crippen LogP contribution in [0.15, 0.2) is 5.38 Å². The number of hydrogen-bond donors (Lipinski definition) is 1. The van der Waals surface area contributed by atoms with E-state index in [1.807, 2.05) is 0 Å². The highest BCUT2D eigenvalue weighted by Crippen LogP contribution is 2.20. The zero-order valence-electron chi connectivity index (χ0n) is 10.7. The molecule has 0 fully saturated rings. The van der Waals surface area contributed by atoms with Crippen molar-refractivity contribution in [1.82, 2.24) is 10.3 Å². The molecule has 0 spiro atoms. The number of rotatable bonds is 8. The van der Waals surface area contributed by atoms with Gasteiger partial charge in [-0.15, -0.1) is 11.3 Å². The highest BCUT2D eigenvalue weighted by molar-refractivity contribution is 7.80. The third-order valence-corrected chi connectivity index (χ3v) is 3.88. The molecule has 0 bridgehead atoms. The van der Waals surface area contributed by atoms with Gasteiger partial charge in [0.15, 0.2) is 5.13 Å². The normalized spacial score (nSPS) is 12.2. The molecule has 0 aliphatic rings. The smallest absolute Gasteiger partial charge is 0.319 e. The average Bonchev–Trinajstić information content (AvgIpc) is 2.75. The van der Waals surface area contributed by atoms with E-state index in [4.69, 9.17) is 4.74 Å². The Labute approximate surface area is 118 Å². The van der Waals surface area contributed by atoms with Crippen molar-refractivity contribution in [3.63, 3.8) is 0 Å². The van der Waals surface area contributed by atoms with Gasteiger partial charge in [-0.2, -0.15) is 0 Å². The lowest BCUT2D eigenvalue weighted by Crippen LogP contribution is -2.35. The summed E-state index contributed by atoms with van der Waals surface area (Å²) < 4.78 is 28.1. The van der Waals surface area contributed by atoms with Gasteiger partial charge in [-0.25, -0.2) is 4.98 Å². The summed E-state index contributed by atoms with van der Waals surface area (Å²) in [4.78, 5) is 15.2. The van der Waals surface area contributed by atoms with E-state index in [0.717, 1.165) is 10.00 Å². The van der Waals surface area contributed by atoms with Gasteiger partial charge in [0.25, 0.3) is 0 Å². The number of aryl methyl sites for hydroxylation is 1. The Kier molecular flexibility index (Phi) is 6.92. The molecule has 0 saturated carbocycles. The molecule has 1 aromatic heterocycles. The molecule has 0 aromatic carbocycles. The summed E-state index contributed by atoms with van der Waals surface area (Å²) in [6, 6.07) is 0. The molecule has 0 aliphatic carbocycles. The van der Waals surface area contributed by atoms with Crippen molar-refractivity contribution in [2.24, 2.45) is 0 Å². The molecular weight excluding hydrogens is 290 g/mol. The Hall–Kier alpha value is -1.03. The molecule has 1 aromatic rings. The molecule has 7 nitrogen and oxygen atoms in total. The van der Waals surface area contributed by atoms with Gasteiger partial charge in [0.05, 0.1) is 18.8 Å². The standard InChI is InChI=1S/C10H17N3O4S2/c1-3-17-9(14)6-11-4-5-13(19(15)16)10-12-8(2)7-18-10/h7,11H,3-6H2,1-2H3,(H,15,16)/p-1. The van der Waals surface area contributed by atoms with Crippen LogP contribution in [0.3, 0.4) is 0 Å². The van der Waals surface area contributed by atoms with E-state index in [1.165, 1.54) is 11.3 Å². The van der Waals surface area contributed by atoms with E-state index in [2.05, 4.69) is 10.3 Å². The van der Waals surface area contributed by atoms with Crippen LogP contribution in [-0.4, -0.2) is 46.0 Å². The number of nitrogens with one attached hydrogen (secondary N) is 1. The van der Waals surface area contributed by atoms with Gasteiger partial charge in [0.2, 0.25) is 0 Å². The minimum atomic E-state index is -2.38. The summed E-state index contributed by atoms with van der Waals surface area (Å²) in [6.45, 7) is 4.46. The number of nitrogens with zero attached hydrogens (tertiary/aromatic N) is 2. The van der Waals surface area contributed by atoms with E-state index >= 15 is 0 Å². The highest BCUT2D eigenvalue weighted by Gasteiger charge is 2.11. The number of carbonyl (C=O) groups is 1. The van der Waals surface area contributed by atoms with Gasteiger partial charge < -0.3 is 14.6 Å². The fourth-order valence-electron chi connectivity index (χ4n) is 1.27. The zero-order valence-corrected chi connectivity index (χ0v) is 12.4. The van der Waals surface area contributed by atoms with Crippen molar-refractivity contribution in [2.75, 3.05) is 30.5 Å². The van der Waals surface area contributed by atoms with Gasteiger partial charge in [-0.3, -0.25) is 13.3 Å². The van der Waals surface area contributed by atoms with Crippen LogP contribution in [0.4, 0.5) is 5.13 Å². The summed E-state index contributed by atoms with van der Waals surface area (Å²) in [7, 11) is 0. The Morgan fingerprint density at radius 2 is 2.42 bits per heavy atom. The molecule has 0 saturated heterocycles. The van der Waals surface area contributed by atoms with Gasteiger partial charge in [0, 0.05) is 29.7 Å². The lowest BCUT2D eigenvalue weighted by molar-refractivity contribution is -0.141. The Morgan fingerprint density at radius 1 is 1.68 bits per heavy atom. The van der Waals surface area contributed by atoms with Crippen LogP contribution < -0.4 is 9.62 Å². The molecule has 0 radical (unpaired) electrons. The van der Waals surface area contributed by atoms with Crippen LogP contribution >= 0.6 is 11.3 Å². The first-order valence-electron chi connectivity index (χ1n) is 5.70. The number of thiazole rings is 1. The van der Waals surface area contributed by atoms with Crippen LogP contribution in [0.25, 0.3) is 0 Å². The first-order chi connectivity index (χ1) is 9.04. The number of ether oxygens (including phenoxy) is 1. The van der Waals surface area contributed by atoms with Gasteiger partial charge in [-0.1, -0.05) is 0 Å². The van der Waals surface area contributed by atoms with Crippen molar-refractivity contribution in [2.45, 2.75) is 13.8 Å². The molecule has 108 valence electrons. The summed E-state index contributed by atoms with van der Waals surface area (Å²) in [5, 5.41) is 5.02. The molecular formula is C10H16N3O4S2-. The minimum Gasteiger partial charge on any atom is -0.755 e. The van der Waals surface area contributed by atoms with Gasteiger partial charge >= 0.3 is 5.97 Å². The van der Waals surface area contributed by atoms with Crippen molar-refractivity contribution in [1.29, 1.82) is 0 Å². The Morgan fingerprint density at radius 3 is 2.95 bits per heavy atom. The Balaban J connectivity index is 2.39. The maximum absolute atomic E-state index is 11.1. The molecule has 1 rings (SSSR count). The maximum Gasteiger partial charge on any atom is 0.319 e. The van der Waals surface area contributed by atoms with Crippen molar-refractivity contribution in [3.8, 4) is 0 Å². The van der Waals surface area contributed by atoms with E-state index in [0.29, 0.717) is 18.3 Å². The van der Waals surface area contributed by atoms with Crippen LogP contribution in [0.5, 0.6) is 0 Å². The van der Waals surface area contributed by atoms with E-state index in [-0.39, 0.29) is 19.1 Å². The monoisotopic (exact) mass is 306 g/mol. The fraction of sp³-hybridized carbons (Fsp3) is 0.600. The number of esters is 1. The second-order valence-electron chi connectivity index (χ2n) is 3.57. The number of anilines is 1. The molecule has 1 N–H and O–H groups in total. The number of carbonyl (C=O) groups excluding carboxylic acids is 1. The lowest BCUT2D eigenvalue weighted by Gasteiger charge is -2.23. The molecule has 19 heavy (non-hydrogen) atoms. The van der Waals surface area contributed by atoms with E-state index < -0.39 is 11.3 Å². The predicted octanol–water partition coefficient (Wildman–Crippen LogP) is 0.205. The topological polar surface area (TPSA) is 94.6 Å². The first-order valence-corrected chi connectivity index (χ1v) is 7.61. The third kappa shape index (κ3) is 5.64. The summed E-state index contributed by atoms with van der Waals surface area (Å²) in [6.07, 6.45) is 0. The van der Waals surface area contributed by atoms with E-state index in [1.54, 1.807) is 19.2 Å². The summed E-state index contributed by atoms with van der Waals surface area (Å²) in [5.41, 5.74) is 0.773. The van der Waals surface area contributed by atoms with Crippen LogP contribution in [-0.2, 0) is 20.8 Å². The van der Waals surface area contributed by atoms with Crippen molar-refractivity contribution in [3.05, 3.63) is 11.1 Å². The quantitative estimate of drug-likeness (QED) is 0.419. The molecule has 1 atom stereocenters. The molecule has 0 amide bonds. The van der Waals surface area contributed by atoms with Crippen molar-refractivity contribution < 1.29 is 18.3 Å². The summed E-state index contributed by atoms with van der Waals surface area (Å²) in [5.74, 6) is -0.359. The van der Waals surface area contributed by atoms with E-state index in [9.17, 15) is 13.6 Å². The lowest BCUT2D eigenvalue weighted by atomic mass is 10.5. The maximum atomic E-state index is 11.1. The highest BCUT2D eigenvalue weighted by atomic mass is 32.2. The van der Waals surface area contributed by atoms with Crippen LogP contribution in [0.1, 0.15) is 12.6 Å². The average molecular weight is 306 g/mol. The van der Waals surface area contributed by atoms with Gasteiger partial charge in [-0.05, 0) is 13.8 Å².